The van der Waals surface area contributed by atoms with E-state index in [-0.39, 0.29) is 24.0 Å². The lowest BCUT2D eigenvalue weighted by Crippen LogP contribution is -2.30. The van der Waals surface area contributed by atoms with Crippen LogP contribution in [-0.2, 0) is 11.2 Å². The Bertz CT molecular complexity index is 1130. The lowest BCUT2D eigenvalue weighted by molar-refractivity contribution is -0.128. The summed E-state index contributed by atoms with van der Waals surface area (Å²) in [6.07, 6.45) is 0.819. The van der Waals surface area contributed by atoms with E-state index >= 15 is 0 Å². The first kappa shape index (κ1) is 20.5. The van der Waals surface area contributed by atoms with Crippen LogP contribution < -0.4 is 14.8 Å². The van der Waals surface area contributed by atoms with Gasteiger partial charge in [-0.2, -0.15) is 0 Å². The molecule has 1 atom stereocenters. The van der Waals surface area contributed by atoms with Crippen LogP contribution in [0.2, 0.25) is 0 Å². The van der Waals surface area contributed by atoms with Gasteiger partial charge < -0.3 is 19.7 Å². The Balaban J connectivity index is 1.25. The Morgan fingerprint density at radius 2 is 1.78 bits per heavy atom. The number of hydrogen-bond acceptors (Lipinski definition) is 5. The van der Waals surface area contributed by atoms with Gasteiger partial charge in [-0.15, -0.1) is 11.8 Å². The number of carbonyl (C=O) groups excluding carboxylic acids is 2. The minimum Gasteiger partial charge on any atom is -0.454 e. The van der Waals surface area contributed by atoms with Crippen LogP contribution in [0.25, 0.3) is 0 Å². The number of anilines is 1. The Hall–Kier alpha value is -3.45. The molecule has 0 bridgehead atoms. The SMILES string of the molecule is O=C(Nc1ccc2c(c1)OCO2)c1ccc(C2SCC(=O)N2CCc2ccccc2)cc1. The summed E-state index contributed by atoms with van der Waals surface area (Å²) in [7, 11) is 0. The quantitative estimate of drug-likeness (QED) is 0.605. The molecule has 2 amide bonds. The van der Waals surface area contributed by atoms with Crippen molar-refractivity contribution < 1.29 is 19.1 Å². The number of ether oxygens (including phenoxy) is 2. The van der Waals surface area contributed by atoms with Gasteiger partial charge in [-0.3, -0.25) is 9.59 Å². The molecule has 162 valence electrons. The van der Waals surface area contributed by atoms with Crippen LogP contribution in [0.3, 0.4) is 0 Å². The van der Waals surface area contributed by atoms with E-state index in [1.807, 2.05) is 35.2 Å². The van der Waals surface area contributed by atoms with Crippen molar-refractivity contribution in [3.05, 3.63) is 89.5 Å². The standard InChI is InChI=1S/C25H22N2O4S/c28-23-15-32-25(27(23)13-12-17-4-2-1-3-5-17)19-8-6-18(7-9-19)24(29)26-20-10-11-21-22(14-20)31-16-30-21/h1-11,14,25H,12-13,15-16H2,(H,26,29). The number of nitrogens with zero attached hydrogens (tertiary/aromatic N) is 1. The second-order valence-electron chi connectivity index (χ2n) is 7.63. The summed E-state index contributed by atoms with van der Waals surface area (Å²) in [6.45, 7) is 0.866. The van der Waals surface area contributed by atoms with E-state index in [2.05, 4.69) is 17.4 Å². The van der Waals surface area contributed by atoms with Crippen molar-refractivity contribution in [3.63, 3.8) is 0 Å². The largest absolute Gasteiger partial charge is 0.454 e. The van der Waals surface area contributed by atoms with Crippen molar-refractivity contribution in [2.45, 2.75) is 11.8 Å². The molecule has 5 rings (SSSR count). The van der Waals surface area contributed by atoms with E-state index < -0.39 is 0 Å². The highest BCUT2D eigenvalue weighted by Gasteiger charge is 2.32. The van der Waals surface area contributed by atoms with E-state index in [0.29, 0.717) is 35.0 Å². The van der Waals surface area contributed by atoms with Crippen molar-refractivity contribution in [2.75, 3.05) is 24.4 Å². The third kappa shape index (κ3) is 4.29. The molecule has 7 heteroatoms. The minimum atomic E-state index is -0.202. The molecule has 0 spiro atoms. The molecular weight excluding hydrogens is 424 g/mol. The molecule has 1 N–H and O–H groups in total. The molecular formula is C25H22N2O4S. The molecule has 0 aliphatic carbocycles. The number of thioether (sulfide) groups is 1. The fourth-order valence-electron chi connectivity index (χ4n) is 3.84. The van der Waals surface area contributed by atoms with Crippen molar-refractivity contribution in [1.29, 1.82) is 0 Å². The van der Waals surface area contributed by atoms with Crippen molar-refractivity contribution >= 4 is 29.3 Å². The predicted molar refractivity (Wildman–Crippen MR) is 124 cm³/mol. The summed E-state index contributed by atoms with van der Waals surface area (Å²) in [4.78, 5) is 27.1. The number of nitrogens with one attached hydrogen (secondary N) is 1. The molecule has 6 nitrogen and oxygen atoms in total. The Morgan fingerprint density at radius 1 is 1.00 bits per heavy atom. The first-order chi connectivity index (χ1) is 15.7. The number of hydrogen-bond donors (Lipinski definition) is 1. The second-order valence-corrected chi connectivity index (χ2v) is 8.70. The van der Waals surface area contributed by atoms with Crippen LogP contribution in [0.4, 0.5) is 5.69 Å². The molecule has 3 aromatic rings. The molecule has 0 radical (unpaired) electrons. The van der Waals surface area contributed by atoms with Crippen molar-refractivity contribution in [1.82, 2.24) is 4.90 Å². The molecule has 1 fully saturated rings. The lowest BCUT2D eigenvalue weighted by Gasteiger charge is -2.24. The first-order valence-corrected chi connectivity index (χ1v) is 11.5. The van der Waals surface area contributed by atoms with Gasteiger partial charge >= 0.3 is 0 Å². The molecule has 2 heterocycles. The average Bonchev–Trinajstić information content (AvgIpc) is 3.44. The highest BCUT2D eigenvalue weighted by Crippen LogP contribution is 2.39. The van der Waals surface area contributed by atoms with Gasteiger partial charge in [0, 0.05) is 23.9 Å². The summed E-state index contributed by atoms with van der Waals surface area (Å²) < 4.78 is 10.7. The number of fused-ring (bicyclic) bond motifs is 1. The topological polar surface area (TPSA) is 67.9 Å². The molecule has 2 aliphatic heterocycles. The third-order valence-corrected chi connectivity index (χ3v) is 6.80. The Labute approximate surface area is 190 Å². The average molecular weight is 447 g/mol. The monoisotopic (exact) mass is 446 g/mol. The minimum absolute atomic E-state index is 0.0304. The van der Waals surface area contributed by atoms with Crippen molar-refractivity contribution in [3.8, 4) is 11.5 Å². The normalized spacial score (nSPS) is 16.9. The third-order valence-electron chi connectivity index (χ3n) is 5.54. The molecule has 2 aliphatic rings. The van der Waals surface area contributed by atoms with E-state index in [0.717, 1.165) is 12.0 Å². The number of amides is 2. The highest BCUT2D eigenvalue weighted by molar-refractivity contribution is 8.00. The van der Waals surface area contributed by atoms with Gasteiger partial charge in [0.25, 0.3) is 5.91 Å². The van der Waals surface area contributed by atoms with Crippen molar-refractivity contribution in [2.24, 2.45) is 0 Å². The fraction of sp³-hybridized carbons (Fsp3) is 0.200. The van der Waals surface area contributed by atoms with Crippen LogP contribution >= 0.6 is 11.8 Å². The zero-order valence-electron chi connectivity index (χ0n) is 17.3. The van der Waals surface area contributed by atoms with Gasteiger partial charge in [0.05, 0.1) is 5.75 Å². The van der Waals surface area contributed by atoms with Crippen LogP contribution in [0.1, 0.15) is 26.9 Å². The maximum Gasteiger partial charge on any atom is 0.255 e. The molecule has 0 saturated carbocycles. The predicted octanol–water partition coefficient (Wildman–Crippen LogP) is 4.48. The number of rotatable bonds is 6. The van der Waals surface area contributed by atoms with Crippen LogP contribution in [0.15, 0.2) is 72.8 Å². The maximum atomic E-state index is 12.7. The molecule has 1 unspecified atom stereocenters. The van der Waals surface area contributed by atoms with Gasteiger partial charge in [-0.05, 0) is 41.8 Å². The van der Waals surface area contributed by atoms with Crippen LogP contribution in [0.5, 0.6) is 11.5 Å². The summed E-state index contributed by atoms with van der Waals surface area (Å²) in [5.74, 6) is 1.72. The Kier molecular flexibility index (Phi) is 5.73. The summed E-state index contributed by atoms with van der Waals surface area (Å²) >= 11 is 1.63. The van der Waals surface area contributed by atoms with Gasteiger partial charge in [-0.25, -0.2) is 0 Å². The summed E-state index contributed by atoms with van der Waals surface area (Å²) in [6, 6.07) is 23.0. The zero-order valence-corrected chi connectivity index (χ0v) is 18.1. The van der Waals surface area contributed by atoms with Gasteiger partial charge in [0.2, 0.25) is 12.7 Å². The number of benzene rings is 3. The zero-order chi connectivity index (χ0) is 21.9. The second kappa shape index (κ2) is 8.96. The smallest absolute Gasteiger partial charge is 0.255 e. The highest BCUT2D eigenvalue weighted by atomic mass is 32.2. The van der Waals surface area contributed by atoms with Gasteiger partial charge in [0.15, 0.2) is 11.5 Å². The van der Waals surface area contributed by atoms with Crippen LogP contribution in [-0.4, -0.2) is 35.8 Å². The molecule has 1 saturated heterocycles. The van der Waals surface area contributed by atoms with Crippen LogP contribution in [0, 0.1) is 0 Å². The van der Waals surface area contributed by atoms with Gasteiger partial charge in [0.1, 0.15) is 5.37 Å². The molecule has 32 heavy (non-hydrogen) atoms. The van der Waals surface area contributed by atoms with Gasteiger partial charge in [-0.1, -0.05) is 42.5 Å². The van der Waals surface area contributed by atoms with E-state index in [1.165, 1.54) is 5.56 Å². The number of carbonyl (C=O) groups is 2. The van der Waals surface area contributed by atoms with E-state index in [4.69, 9.17) is 9.47 Å². The van der Waals surface area contributed by atoms with E-state index in [1.54, 1.807) is 42.1 Å². The summed E-state index contributed by atoms with van der Waals surface area (Å²) in [5.41, 5.74) is 3.43. The summed E-state index contributed by atoms with van der Waals surface area (Å²) in [5, 5.41) is 2.86. The lowest BCUT2D eigenvalue weighted by atomic mass is 10.1. The fourth-order valence-corrected chi connectivity index (χ4v) is 5.06. The first-order valence-electron chi connectivity index (χ1n) is 10.4. The molecule has 3 aromatic carbocycles. The van der Waals surface area contributed by atoms with E-state index in [9.17, 15) is 9.59 Å². The maximum absolute atomic E-state index is 12.7. The Morgan fingerprint density at radius 3 is 2.59 bits per heavy atom. The molecule has 0 aromatic heterocycles.